The number of nitrogens with one attached hydrogen (secondary N) is 1. The number of hydrogen-bond donors (Lipinski definition) is 1. The van der Waals surface area contributed by atoms with Crippen molar-refractivity contribution in [1.82, 2.24) is 15.2 Å². The third kappa shape index (κ3) is 6.47. The summed E-state index contributed by atoms with van der Waals surface area (Å²) in [4.78, 5) is 26.0. The first kappa shape index (κ1) is 25.1. The Balaban J connectivity index is 1.00. The molecule has 8 heteroatoms. The van der Waals surface area contributed by atoms with E-state index in [1.807, 2.05) is 0 Å². The zero-order chi connectivity index (χ0) is 25.0. The molecule has 4 heterocycles. The minimum absolute atomic E-state index is 0.314. The number of amides is 1. The summed E-state index contributed by atoms with van der Waals surface area (Å²) in [7, 11) is 0. The molecule has 0 spiro atoms. The van der Waals surface area contributed by atoms with E-state index in [0.717, 1.165) is 95.7 Å². The molecule has 0 aromatic carbocycles. The van der Waals surface area contributed by atoms with Crippen LogP contribution in [-0.2, 0) is 9.53 Å². The van der Waals surface area contributed by atoms with Crippen molar-refractivity contribution in [1.29, 1.82) is 0 Å². The van der Waals surface area contributed by atoms with Crippen LogP contribution in [0.1, 0.15) is 44.9 Å². The van der Waals surface area contributed by atoms with Gasteiger partial charge < -0.3 is 19.9 Å². The molecule has 2 aliphatic heterocycles. The normalized spacial score (nSPS) is 25.3. The Morgan fingerprint density at radius 3 is 2.30 bits per heavy atom. The molecule has 200 valence electrons. The van der Waals surface area contributed by atoms with E-state index in [0.29, 0.717) is 17.9 Å². The van der Waals surface area contributed by atoms with Gasteiger partial charge in [-0.05, 0) is 86.6 Å². The maximum Gasteiger partial charge on any atom is 0.223 e. The third-order valence-electron chi connectivity index (χ3n) is 8.63. The Morgan fingerprint density at radius 1 is 0.946 bits per heavy atom. The fourth-order valence-corrected chi connectivity index (χ4v) is 6.74. The number of ether oxygens (including phenoxy) is 1. The molecule has 6 rings (SSSR count). The number of anilines is 2. The third-order valence-corrected chi connectivity index (χ3v) is 9.55. The maximum absolute atomic E-state index is 12.1. The molecular weight excluding hydrogens is 482 g/mol. The van der Waals surface area contributed by atoms with Gasteiger partial charge in [0.25, 0.3) is 0 Å². The van der Waals surface area contributed by atoms with Gasteiger partial charge in [-0.15, -0.1) is 11.3 Å². The number of thiophene rings is 1. The van der Waals surface area contributed by atoms with Crippen LogP contribution in [0.5, 0.6) is 0 Å². The molecule has 2 saturated carbocycles. The Hall–Kier alpha value is -2.16. The average molecular weight is 524 g/mol. The van der Waals surface area contributed by atoms with Crippen molar-refractivity contribution < 1.29 is 9.53 Å². The van der Waals surface area contributed by atoms with E-state index in [1.165, 1.54) is 36.2 Å². The van der Waals surface area contributed by atoms with Gasteiger partial charge in [0.2, 0.25) is 5.91 Å². The van der Waals surface area contributed by atoms with Crippen molar-refractivity contribution in [2.75, 3.05) is 68.8 Å². The average Bonchev–Trinajstić information content (AvgIpc) is 3.67. The van der Waals surface area contributed by atoms with Crippen molar-refractivity contribution in [2.24, 2.45) is 11.8 Å². The Kier molecular flexibility index (Phi) is 7.95. The molecule has 37 heavy (non-hydrogen) atoms. The fourth-order valence-electron chi connectivity index (χ4n) is 6.03. The van der Waals surface area contributed by atoms with Crippen molar-refractivity contribution in [2.45, 2.75) is 51.0 Å². The molecule has 0 bridgehead atoms. The fraction of sp³-hybridized carbons (Fsp3) is 0.655. The first-order chi connectivity index (χ1) is 18.2. The lowest BCUT2D eigenvalue weighted by Crippen LogP contribution is -2.47. The van der Waals surface area contributed by atoms with Crippen LogP contribution < -0.4 is 15.1 Å². The molecule has 4 fully saturated rings. The topological polar surface area (TPSA) is 60.9 Å². The number of carbonyl (C=O) groups is 1. The number of piperazine rings is 1. The van der Waals surface area contributed by atoms with Gasteiger partial charge in [0.1, 0.15) is 11.6 Å². The monoisotopic (exact) mass is 523 g/mol. The van der Waals surface area contributed by atoms with Crippen LogP contribution in [-0.4, -0.2) is 80.9 Å². The summed E-state index contributed by atoms with van der Waals surface area (Å²) in [6, 6.07) is 9.30. The van der Waals surface area contributed by atoms with Crippen molar-refractivity contribution in [3.05, 3.63) is 29.6 Å². The van der Waals surface area contributed by atoms with E-state index >= 15 is 0 Å². The van der Waals surface area contributed by atoms with Gasteiger partial charge in [0.05, 0.1) is 13.2 Å². The molecule has 2 aliphatic carbocycles. The second-order valence-electron chi connectivity index (χ2n) is 11.3. The zero-order valence-electron chi connectivity index (χ0n) is 21.9. The minimum atomic E-state index is 0.314. The minimum Gasteiger partial charge on any atom is -0.378 e. The number of carbonyl (C=O) groups excluding carboxylic acids is 1. The number of nitrogens with zero attached hydrogens (tertiary/aromatic N) is 4. The Bertz CT molecular complexity index is 1020. The largest absolute Gasteiger partial charge is 0.378 e. The van der Waals surface area contributed by atoms with Gasteiger partial charge in [0, 0.05) is 56.1 Å². The van der Waals surface area contributed by atoms with Gasteiger partial charge >= 0.3 is 0 Å². The molecule has 1 amide bonds. The van der Waals surface area contributed by atoms with Gasteiger partial charge in [-0.1, -0.05) is 6.07 Å². The summed E-state index contributed by atoms with van der Waals surface area (Å²) in [5.41, 5.74) is 1.27. The van der Waals surface area contributed by atoms with Gasteiger partial charge in [0.15, 0.2) is 0 Å². The van der Waals surface area contributed by atoms with Crippen LogP contribution in [0.4, 0.5) is 11.6 Å². The molecule has 1 N–H and O–H groups in total. The number of hydrogen-bond acceptors (Lipinski definition) is 7. The van der Waals surface area contributed by atoms with Crippen LogP contribution in [0.3, 0.4) is 0 Å². The van der Waals surface area contributed by atoms with Crippen LogP contribution >= 0.6 is 11.3 Å². The van der Waals surface area contributed by atoms with E-state index in [4.69, 9.17) is 9.72 Å². The van der Waals surface area contributed by atoms with Crippen molar-refractivity contribution >= 4 is 28.9 Å². The lowest BCUT2D eigenvalue weighted by molar-refractivity contribution is -0.123. The highest BCUT2D eigenvalue weighted by atomic mass is 32.1. The highest BCUT2D eigenvalue weighted by molar-refractivity contribution is 7.13. The van der Waals surface area contributed by atoms with E-state index in [-0.39, 0.29) is 0 Å². The molecule has 0 atom stereocenters. The van der Waals surface area contributed by atoms with Crippen LogP contribution in [0, 0.1) is 11.8 Å². The number of morpholine rings is 1. The summed E-state index contributed by atoms with van der Waals surface area (Å²) in [6.07, 6.45) is 8.33. The van der Waals surface area contributed by atoms with E-state index in [9.17, 15) is 4.79 Å². The molecule has 2 aromatic rings. The Morgan fingerprint density at radius 2 is 1.65 bits per heavy atom. The highest BCUT2D eigenvalue weighted by Crippen LogP contribution is 2.33. The highest BCUT2D eigenvalue weighted by Gasteiger charge is 2.32. The summed E-state index contributed by atoms with van der Waals surface area (Å²) in [6.45, 7) is 8.82. The van der Waals surface area contributed by atoms with Crippen molar-refractivity contribution in [3.8, 4) is 10.4 Å². The van der Waals surface area contributed by atoms with Gasteiger partial charge in [-0.2, -0.15) is 0 Å². The predicted molar refractivity (Wildman–Crippen MR) is 150 cm³/mol. The van der Waals surface area contributed by atoms with E-state index < -0.39 is 0 Å². The van der Waals surface area contributed by atoms with Crippen LogP contribution in [0.15, 0.2) is 29.6 Å². The second-order valence-corrected chi connectivity index (χ2v) is 12.2. The first-order valence-corrected chi connectivity index (χ1v) is 15.3. The number of aromatic nitrogens is 1. The lowest BCUT2D eigenvalue weighted by Gasteiger charge is -2.37. The smallest absolute Gasteiger partial charge is 0.223 e. The number of rotatable bonds is 8. The van der Waals surface area contributed by atoms with E-state index in [2.05, 4.69) is 49.7 Å². The standard InChI is InChI=1S/C29H41N5O2S/c35-29(23-5-6-23)30-25-7-3-22(4-8-25)9-10-32-11-13-33(14-12-32)27-20-24(26-2-1-19-37-26)21-28(31-27)34-15-17-36-18-16-34/h1-2,19-23,25H,3-18H2,(H,30,35)/t22-,25-. The SMILES string of the molecule is O=C(N[C@H]1CC[C@H](CCN2CCN(c3cc(-c4cccs4)cc(N4CCOCC4)n3)CC2)CC1)C1CC1. The van der Waals surface area contributed by atoms with Crippen LogP contribution in [0.25, 0.3) is 10.4 Å². The predicted octanol–water partition coefficient (Wildman–Crippen LogP) is 4.24. The van der Waals surface area contributed by atoms with Gasteiger partial charge in [-0.25, -0.2) is 4.98 Å². The van der Waals surface area contributed by atoms with Crippen molar-refractivity contribution in [3.63, 3.8) is 0 Å². The summed E-state index contributed by atoms with van der Waals surface area (Å²) < 4.78 is 5.58. The Labute approximate surface area is 225 Å². The molecular formula is C29H41N5O2S. The molecule has 7 nitrogen and oxygen atoms in total. The van der Waals surface area contributed by atoms with Crippen LogP contribution in [0.2, 0.25) is 0 Å². The molecule has 2 saturated heterocycles. The zero-order valence-corrected chi connectivity index (χ0v) is 22.8. The lowest BCUT2D eigenvalue weighted by atomic mass is 9.84. The quantitative estimate of drug-likeness (QED) is 0.559. The summed E-state index contributed by atoms with van der Waals surface area (Å²) in [5.74, 6) is 3.64. The molecule has 4 aliphatic rings. The molecule has 0 unspecified atom stereocenters. The summed E-state index contributed by atoms with van der Waals surface area (Å²) in [5, 5.41) is 5.45. The number of pyridine rings is 1. The molecule has 2 aromatic heterocycles. The maximum atomic E-state index is 12.1. The molecule has 0 radical (unpaired) electrons. The summed E-state index contributed by atoms with van der Waals surface area (Å²) >= 11 is 1.80. The first-order valence-electron chi connectivity index (χ1n) is 14.4. The van der Waals surface area contributed by atoms with Gasteiger partial charge in [-0.3, -0.25) is 9.69 Å². The second kappa shape index (κ2) is 11.7. The van der Waals surface area contributed by atoms with E-state index in [1.54, 1.807) is 11.3 Å².